The molecule has 0 aromatic heterocycles. The third-order valence-electron chi connectivity index (χ3n) is 4.31. The van der Waals surface area contributed by atoms with Gasteiger partial charge in [-0.15, -0.1) is 0 Å². The van der Waals surface area contributed by atoms with Crippen LogP contribution in [-0.4, -0.2) is 44.0 Å². The number of hydrogen-bond donors (Lipinski definition) is 3. The highest BCUT2D eigenvalue weighted by Crippen LogP contribution is 2.27. The zero-order chi connectivity index (χ0) is 24.1. The molecule has 0 aliphatic heterocycles. The zero-order valence-electron chi connectivity index (χ0n) is 18.8. The normalized spacial score (nSPS) is 9.75. The number of nitrogens with one attached hydrogen (secondary N) is 2. The van der Waals surface area contributed by atoms with Gasteiger partial charge in [0.05, 0.1) is 24.8 Å². The van der Waals surface area contributed by atoms with E-state index in [4.69, 9.17) is 15.2 Å². The van der Waals surface area contributed by atoms with Gasteiger partial charge in [-0.2, -0.15) is 0 Å². The molecule has 0 saturated heterocycles. The number of carbonyl (C=O) groups is 2. The fourth-order valence-corrected chi connectivity index (χ4v) is 2.74. The Morgan fingerprint density at radius 3 is 1.78 bits per heavy atom. The standard InChI is InChI=1S/C11H14N2O4.C11H16N2O2/c1-8(14)12-6-5-9-3-4-11(17-2)10(7-9)13(15)16;1-8(14)13-6-5-9-3-4-11(15-2)10(12)7-9/h3-4,7H,5-6H2,1-2H3,(H,12,14);3-4,7H,5-6,12H2,1-2H3,(H,13,14). The van der Waals surface area contributed by atoms with Crippen LogP contribution in [0, 0.1) is 10.1 Å². The summed E-state index contributed by atoms with van der Waals surface area (Å²) in [5, 5.41) is 16.1. The number of ether oxygens (including phenoxy) is 2. The predicted octanol–water partition coefficient (Wildman–Crippen LogP) is 2.24. The average molecular weight is 447 g/mol. The van der Waals surface area contributed by atoms with Crippen molar-refractivity contribution in [1.29, 1.82) is 0 Å². The molecule has 174 valence electrons. The fraction of sp³-hybridized carbons (Fsp3) is 0.364. The highest BCUT2D eigenvalue weighted by molar-refractivity contribution is 5.73. The van der Waals surface area contributed by atoms with E-state index in [0.29, 0.717) is 30.9 Å². The minimum atomic E-state index is -0.485. The van der Waals surface area contributed by atoms with Crippen molar-refractivity contribution in [3.63, 3.8) is 0 Å². The van der Waals surface area contributed by atoms with E-state index in [1.165, 1.54) is 27.0 Å². The number of hydrogen-bond acceptors (Lipinski definition) is 7. The van der Waals surface area contributed by atoms with Crippen molar-refractivity contribution in [2.24, 2.45) is 0 Å². The first kappa shape index (κ1) is 26.2. The van der Waals surface area contributed by atoms with Crippen LogP contribution in [0.2, 0.25) is 0 Å². The summed E-state index contributed by atoms with van der Waals surface area (Å²) in [6.45, 7) is 4.01. The molecule has 0 aliphatic rings. The van der Waals surface area contributed by atoms with Crippen molar-refractivity contribution in [2.45, 2.75) is 26.7 Å². The molecule has 32 heavy (non-hydrogen) atoms. The maximum atomic E-state index is 10.8. The third kappa shape index (κ3) is 9.33. The topological polar surface area (TPSA) is 146 Å². The number of amides is 2. The van der Waals surface area contributed by atoms with E-state index >= 15 is 0 Å². The summed E-state index contributed by atoms with van der Waals surface area (Å²) in [6.07, 6.45) is 1.32. The Labute approximate surface area is 187 Å². The molecule has 2 aromatic rings. The summed E-state index contributed by atoms with van der Waals surface area (Å²) >= 11 is 0. The maximum absolute atomic E-state index is 10.8. The molecular formula is C22H30N4O6. The minimum Gasteiger partial charge on any atom is -0.495 e. The van der Waals surface area contributed by atoms with E-state index in [1.54, 1.807) is 19.2 Å². The van der Waals surface area contributed by atoms with Crippen molar-refractivity contribution in [3.05, 3.63) is 57.6 Å². The second kappa shape index (κ2) is 13.5. The molecule has 0 bridgehead atoms. The maximum Gasteiger partial charge on any atom is 0.311 e. The van der Waals surface area contributed by atoms with E-state index in [9.17, 15) is 19.7 Å². The molecule has 0 saturated carbocycles. The van der Waals surface area contributed by atoms with Crippen LogP contribution in [-0.2, 0) is 22.4 Å². The summed E-state index contributed by atoms with van der Waals surface area (Å²) in [5.41, 5.74) is 8.18. The molecule has 0 atom stereocenters. The van der Waals surface area contributed by atoms with E-state index in [-0.39, 0.29) is 23.3 Å². The lowest BCUT2D eigenvalue weighted by Crippen LogP contribution is -2.22. The molecule has 0 radical (unpaired) electrons. The van der Waals surface area contributed by atoms with Gasteiger partial charge in [-0.1, -0.05) is 12.1 Å². The van der Waals surface area contributed by atoms with E-state index < -0.39 is 4.92 Å². The van der Waals surface area contributed by atoms with Gasteiger partial charge >= 0.3 is 5.69 Å². The fourth-order valence-electron chi connectivity index (χ4n) is 2.74. The van der Waals surface area contributed by atoms with Gasteiger partial charge in [-0.25, -0.2) is 0 Å². The van der Waals surface area contributed by atoms with E-state index in [1.807, 2.05) is 18.2 Å². The van der Waals surface area contributed by atoms with Crippen molar-refractivity contribution < 1.29 is 24.0 Å². The van der Waals surface area contributed by atoms with Crippen LogP contribution < -0.4 is 25.8 Å². The molecule has 0 aliphatic carbocycles. The van der Waals surface area contributed by atoms with Crippen LogP contribution in [0.25, 0.3) is 0 Å². The van der Waals surface area contributed by atoms with Crippen LogP contribution >= 0.6 is 0 Å². The van der Waals surface area contributed by atoms with Gasteiger partial charge in [0, 0.05) is 33.0 Å². The van der Waals surface area contributed by atoms with Crippen LogP contribution in [0.5, 0.6) is 11.5 Å². The lowest BCUT2D eigenvalue weighted by Gasteiger charge is -2.07. The number of methoxy groups -OCH3 is 2. The number of anilines is 1. The van der Waals surface area contributed by atoms with E-state index in [2.05, 4.69) is 10.6 Å². The minimum absolute atomic E-state index is 0.0171. The molecule has 0 spiro atoms. The highest BCUT2D eigenvalue weighted by atomic mass is 16.6. The van der Waals surface area contributed by atoms with Crippen LogP contribution in [0.4, 0.5) is 11.4 Å². The monoisotopic (exact) mass is 446 g/mol. The van der Waals surface area contributed by atoms with Gasteiger partial charge in [0.1, 0.15) is 5.75 Å². The first-order chi connectivity index (χ1) is 15.2. The number of nitrogens with zero attached hydrogens (tertiary/aromatic N) is 1. The van der Waals surface area contributed by atoms with Gasteiger partial charge < -0.3 is 25.8 Å². The zero-order valence-corrected chi connectivity index (χ0v) is 18.8. The number of carbonyl (C=O) groups excluding carboxylic acids is 2. The Kier molecular flexibility index (Phi) is 11.0. The van der Waals surface area contributed by atoms with Gasteiger partial charge in [0.25, 0.3) is 0 Å². The third-order valence-corrected chi connectivity index (χ3v) is 4.31. The molecule has 10 heteroatoms. The number of nitro groups is 1. The second-order valence-electron chi connectivity index (χ2n) is 6.81. The van der Waals surface area contributed by atoms with Crippen LogP contribution in [0.1, 0.15) is 25.0 Å². The van der Waals surface area contributed by atoms with Gasteiger partial charge in [0.2, 0.25) is 11.8 Å². The molecule has 4 N–H and O–H groups in total. The van der Waals surface area contributed by atoms with Crippen LogP contribution in [0.3, 0.4) is 0 Å². The lowest BCUT2D eigenvalue weighted by atomic mass is 10.1. The summed E-state index contributed by atoms with van der Waals surface area (Å²) in [6, 6.07) is 10.4. The molecule has 0 heterocycles. The molecule has 2 rings (SSSR count). The largest absolute Gasteiger partial charge is 0.495 e. The summed E-state index contributed by atoms with van der Waals surface area (Å²) in [4.78, 5) is 31.6. The SMILES string of the molecule is COc1ccc(CCNC(C)=O)cc1N.COc1ccc(CCNC(C)=O)cc1[N+](=O)[O-]. The summed E-state index contributed by atoms with van der Waals surface area (Å²) < 4.78 is 9.94. The number of nitrogen functional groups attached to an aromatic ring is 1. The number of nitro benzene ring substituents is 1. The molecular weight excluding hydrogens is 416 g/mol. The molecule has 2 amide bonds. The Hall–Kier alpha value is -3.82. The lowest BCUT2D eigenvalue weighted by molar-refractivity contribution is -0.385. The van der Waals surface area contributed by atoms with Crippen molar-refractivity contribution in [2.75, 3.05) is 33.0 Å². The first-order valence-electron chi connectivity index (χ1n) is 9.90. The first-order valence-corrected chi connectivity index (χ1v) is 9.90. The Bertz CT molecular complexity index is 933. The van der Waals surface area contributed by atoms with Crippen molar-refractivity contribution >= 4 is 23.2 Å². The highest BCUT2D eigenvalue weighted by Gasteiger charge is 2.14. The Morgan fingerprint density at radius 1 is 0.906 bits per heavy atom. The quantitative estimate of drug-likeness (QED) is 0.304. The van der Waals surface area contributed by atoms with Gasteiger partial charge in [-0.3, -0.25) is 19.7 Å². The number of nitrogens with two attached hydrogens (primary N) is 1. The Balaban J connectivity index is 0.000000323. The Morgan fingerprint density at radius 2 is 1.38 bits per heavy atom. The number of benzene rings is 2. The van der Waals surface area contributed by atoms with E-state index in [0.717, 1.165) is 17.5 Å². The molecule has 0 fully saturated rings. The summed E-state index contributed by atoms with van der Waals surface area (Å²) in [7, 11) is 2.97. The predicted molar refractivity (Wildman–Crippen MR) is 122 cm³/mol. The second-order valence-corrected chi connectivity index (χ2v) is 6.81. The van der Waals surface area contributed by atoms with Gasteiger partial charge in [-0.05, 0) is 42.2 Å². The van der Waals surface area contributed by atoms with Crippen molar-refractivity contribution in [3.8, 4) is 11.5 Å². The smallest absolute Gasteiger partial charge is 0.311 e. The molecule has 2 aromatic carbocycles. The molecule has 0 unspecified atom stereocenters. The van der Waals surface area contributed by atoms with Gasteiger partial charge in [0.15, 0.2) is 5.75 Å². The molecule has 10 nitrogen and oxygen atoms in total. The van der Waals surface area contributed by atoms with Crippen LogP contribution in [0.15, 0.2) is 36.4 Å². The number of rotatable bonds is 9. The average Bonchev–Trinajstić information content (AvgIpc) is 2.73. The van der Waals surface area contributed by atoms with Crippen molar-refractivity contribution in [1.82, 2.24) is 10.6 Å². The summed E-state index contributed by atoms with van der Waals surface area (Å²) in [5.74, 6) is 0.779.